The Bertz CT molecular complexity index is 1120. The third-order valence-corrected chi connectivity index (χ3v) is 6.54. The number of halogens is 2. The van der Waals surface area contributed by atoms with E-state index in [4.69, 9.17) is 27.9 Å². The van der Waals surface area contributed by atoms with Crippen molar-refractivity contribution in [2.45, 2.75) is 44.5 Å². The Balaban J connectivity index is 1.62. The van der Waals surface area contributed by atoms with E-state index >= 15 is 0 Å². The van der Waals surface area contributed by atoms with E-state index in [-0.39, 0.29) is 23.7 Å². The summed E-state index contributed by atoms with van der Waals surface area (Å²) in [6.45, 7) is 11.1. The molecule has 1 heterocycles. The average Bonchev–Trinajstić information content (AvgIpc) is 3.15. The molecule has 0 unspecified atom stereocenters. The minimum Gasteiger partial charge on any atom is -0.486 e. The molecule has 1 amide bonds. The second kappa shape index (κ2) is 11.1. The van der Waals surface area contributed by atoms with Gasteiger partial charge in [0.05, 0.1) is 21.5 Å². The molecule has 0 atom stereocenters. The number of allylic oxidation sites excluding steroid dienone is 1. The first kappa shape index (κ1) is 25.1. The highest BCUT2D eigenvalue weighted by atomic mass is 35.5. The van der Waals surface area contributed by atoms with Crippen molar-refractivity contribution in [2.24, 2.45) is 0 Å². The smallest absolute Gasteiger partial charge is 0.234 e. The van der Waals surface area contributed by atoms with Gasteiger partial charge in [-0.2, -0.15) is 0 Å². The second-order valence-electron chi connectivity index (χ2n) is 8.30. The molecule has 0 saturated heterocycles. The van der Waals surface area contributed by atoms with Crippen LogP contribution >= 0.6 is 35.0 Å². The van der Waals surface area contributed by atoms with E-state index in [1.165, 1.54) is 17.3 Å². The van der Waals surface area contributed by atoms with Gasteiger partial charge in [0.15, 0.2) is 11.0 Å². The first-order valence-electron chi connectivity index (χ1n) is 10.3. The van der Waals surface area contributed by atoms with Crippen molar-refractivity contribution in [3.63, 3.8) is 0 Å². The Morgan fingerprint density at radius 3 is 2.58 bits per heavy atom. The lowest BCUT2D eigenvalue weighted by Crippen LogP contribution is -2.15. The maximum Gasteiger partial charge on any atom is 0.234 e. The minimum absolute atomic E-state index is 0.0825. The van der Waals surface area contributed by atoms with Crippen LogP contribution in [0.5, 0.6) is 5.75 Å². The van der Waals surface area contributed by atoms with Gasteiger partial charge in [-0.1, -0.05) is 80.0 Å². The average molecular weight is 505 g/mol. The van der Waals surface area contributed by atoms with Gasteiger partial charge < -0.3 is 10.1 Å². The third kappa shape index (κ3) is 6.76. The minimum atomic E-state index is -0.228. The number of carbonyl (C=O) groups is 1. The standard InChI is InChI=1S/C24H26Cl2N4O2S/c1-5-13-30-20(14-32-17-11-9-16(10-12-17)24(2,3)4)28-29-23(30)33-15-21(31)27-19-8-6-7-18(25)22(19)26/h5-12H,1,13-15H2,2-4H3,(H,27,31). The summed E-state index contributed by atoms with van der Waals surface area (Å²) in [5.74, 6) is 1.31. The van der Waals surface area contributed by atoms with Crippen LogP contribution in [0.25, 0.3) is 0 Å². The molecule has 3 rings (SSSR count). The molecule has 0 saturated carbocycles. The molecule has 174 valence electrons. The molecular weight excluding hydrogens is 479 g/mol. The number of hydrogen-bond acceptors (Lipinski definition) is 5. The molecule has 1 aromatic heterocycles. The number of anilines is 1. The van der Waals surface area contributed by atoms with E-state index in [9.17, 15) is 4.79 Å². The molecule has 0 aliphatic carbocycles. The van der Waals surface area contributed by atoms with E-state index in [1.807, 2.05) is 16.7 Å². The predicted molar refractivity (Wildman–Crippen MR) is 136 cm³/mol. The van der Waals surface area contributed by atoms with E-state index < -0.39 is 0 Å². The summed E-state index contributed by atoms with van der Waals surface area (Å²) in [5, 5.41) is 12.5. The van der Waals surface area contributed by atoms with Crippen LogP contribution in [-0.4, -0.2) is 26.4 Å². The number of carbonyl (C=O) groups excluding carboxylic acids is 1. The molecule has 33 heavy (non-hydrogen) atoms. The zero-order valence-corrected chi connectivity index (χ0v) is 21.1. The normalized spacial score (nSPS) is 11.3. The van der Waals surface area contributed by atoms with Gasteiger partial charge in [-0.05, 0) is 35.2 Å². The lowest BCUT2D eigenvalue weighted by atomic mass is 9.87. The fourth-order valence-electron chi connectivity index (χ4n) is 2.96. The first-order valence-corrected chi connectivity index (χ1v) is 12.1. The van der Waals surface area contributed by atoms with Crippen LogP contribution in [0.15, 0.2) is 60.3 Å². The number of thioether (sulfide) groups is 1. The maximum absolute atomic E-state index is 12.4. The van der Waals surface area contributed by atoms with Crippen LogP contribution in [-0.2, 0) is 23.4 Å². The summed E-state index contributed by atoms with van der Waals surface area (Å²) in [5.41, 5.74) is 1.79. The number of nitrogens with zero attached hydrogens (tertiary/aromatic N) is 3. The van der Waals surface area contributed by atoms with Gasteiger partial charge in [-0.25, -0.2) is 0 Å². The molecular formula is C24H26Cl2N4O2S. The highest BCUT2D eigenvalue weighted by Crippen LogP contribution is 2.30. The van der Waals surface area contributed by atoms with Crippen molar-refractivity contribution < 1.29 is 9.53 Å². The highest BCUT2D eigenvalue weighted by Gasteiger charge is 2.16. The molecule has 2 aromatic carbocycles. The second-order valence-corrected chi connectivity index (χ2v) is 10.0. The van der Waals surface area contributed by atoms with Gasteiger partial charge in [0.1, 0.15) is 12.4 Å². The van der Waals surface area contributed by atoms with Crippen LogP contribution < -0.4 is 10.1 Å². The molecule has 3 aromatic rings. The van der Waals surface area contributed by atoms with Crippen molar-refractivity contribution >= 4 is 46.6 Å². The number of aromatic nitrogens is 3. The van der Waals surface area contributed by atoms with Crippen LogP contribution in [0, 0.1) is 0 Å². The monoisotopic (exact) mass is 504 g/mol. The molecule has 6 nitrogen and oxygen atoms in total. The fraction of sp³-hybridized carbons (Fsp3) is 0.292. The number of benzene rings is 2. The Morgan fingerprint density at radius 2 is 1.91 bits per heavy atom. The van der Waals surface area contributed by atoms with Crippen LogP contribution in [0.2, 0.25) is 10.0 Å². The molecule has 1 N–H and O–H groups in total. The van der Waals surface area contributed by atoms with Gasteiger partial charge in [0, 0.05) is 6.54 Å². The number of ether oxygens (including phenoxy) is 1. The number of nitrogens with one attached hydrogen (secondary N) is 1. The van der Waals surface area contributed by atoms with Crippen LogP contribution in [0.3, 0.4) is 0 Å². The third-order valence-electron chi connectivity index (χ3n) is 4.75. The summed E-state index contributed by atoms with van der Waals surface area (Å²) in [6, 6.07) is 13.1. The van der Waals surface area contributed by atoms with E-state index in [1.54, 1.807) is 24.3 Å². The van der Waals surface area contributed by atoms with Gasteiger partial charge >= 0.3 is 0 Å². The number of rotatable bonds is 9. The summed E-state index contributed by atoms with van der Waals surface area (Å²) in [6.07, 6.45) is 1.75. The van der Waals surface area contributed by atoms with Crippen molar-refractivity contribution in [2.75, 3.05) is 11.1 Å². The van der Waals surface area contributed by atoms with Crippen molar-refractivity contribution in [3.8, 4) is 5.75 Å². The maximum atomic E-state index is 12.4. The molecule has 0 aliphatic heterocycles. The Kier molecular flexibility index (Phi) is 8.46. The highest BCUT2D eigenvalue weighted by molar-refractivity contribution is 7.99. The van der Waals surface area contributed by atoms with E-state index in [0.29, 0.717) is 33.3 Å². The van der Waals surface area contributed by atoms with E-state index in [0.717, 1.165) is 5.75 Å². The van der Waals surface area contributed by atoms with E-state index in [2.05, 4.69) is 55.0 Å². The molecule has 0 fully saturated rings. The lowest BCUT2D eigenvalue weighted by molar-refractivity contribution is -0.113. The van der Waals surface area contributed by atoms with Gasteiger partial charge in [0.2, 0.25) is 5.91 Å². The summed E-state index contributed by atoms with van der Waals surface area (Å²) in [7, 11) is 0. The number of hydrogen-bond donors (Lipinski definition) is 1. The molecule has 0 radical (unpaired) electrons. The van der Waals surface area contributed by atoms with Crippen molar-refractivity contribution in [3.05, 3.63) is 76.6 Å². The summed E-state index contributed by atoms with van der Waals surface area (Å²) in [4.78, 5) is 12.4. The molecule has 0 aliphatic rings. The lowest BCUT2D eigenvalue weighted by Gasteiger charge is -2.19. The van der Waals surface area contributed by atoms with Gasteiger partial charge in [0.25, 0.3) is 0 Å². The fourth-order valence-corrected chi connectivity index (χ4v) is 4.08. The van der Waals surface area contributed by atoms with Gasteiger partial charge in [-0.15, -0.1) is 16.8 Å². The first-order chi connectivity index (χ1) is 15.7. The zero-order valence-electron chi connectivity index (χ0n) is 18.8. The molecule has 9 heteroatoms. The SMILES string of the molecule is C=CCn1c(COc2ccc(C(C)(C)C)cc2)nnc1SCC(=O)Nc1cccc(Cl)c1Cl. The predicted octanol–water partition coefficient (Wildman–Crippen LogP) is 6.38. The van der Waals surface area contributed by atoms with Crippen LogP contribution in [0.1, 0.15) is 32.2 Å². The quantitative estimate of drug-likeness (QED) is 0.270. The van der Waals surface area contributed by atoms with Crippen LogP contribution in [0.4, 0.5) is 5.69 Å². The largest absolute Gasteiger partial charge is 0.486 e. The molecule has 0 bridgehead atoms. The number of amides is 1. The Hall–Kier alpha value is -2.48. The van der Waals surface area contributed by atoms with Crippen molar-refractivity contribution in [1.82, 2.24) is 14.8 Å². The molecule has 0 spiro atoms. The summed E-state index contributed by atoms with van der Waals surface area (Å²) >= 11 is 13.4. The summed E-state index contributed by atoms with van der Waals surface area (Å²) < 4.78 is 7.79. The Morgan fingerprint density at radius 1 is 1.18 bits per heavy atom. The zero-order chi connectivity index (χ0) is 24.0. The van der Waals surface area contributed by atoms with Gasteiger partial charge in [-0.3, -0.25) is 9.36 Å². The van der Waals surface area contributed by atoms with Crippen molar-refractivity contribution in [1.29, 1.82) is 0 Å². The topological polar surface area (TPSA) is 69.0 Å². The Labute approximate surface area is 208 Å².